The van der Waals surface area contributed by atoms with Crippen LogP contribution in [0.4, 0.5) is 0 Å². The fourth-order valence-corrected chi connectivity index (χ4v) is 5.81. The van der Waals surface area contributed by atoms with E-state index in [2.05, 4.69) is 0 Å². The third kappa shape index (κ3) is 1.70. The van der Waals surface area contributed by atoms with Crippen LogP contribution in [0.15, 0.2) is 11.1 Å². The Kier molecular flexibility index (Phi) is 2.80. The molecule has 0 saturated heterocycles. The van der Waals surface area contributed by atoms with Crippen LogP contribution in [0.2, 0.25) is 0 Å². The predicted octanol–water partition coefficient (Wildman–Crippen LogP) is 4.06. The molecule has 1 nitrogen and oxygen atoms in total. The molecule has 4 aliphatic carbocycles. The molecule has 0 amide bonds. The van der Waals surface area contributed by atoms with E-state index in [4.69, 9.17) is 0 Å². The second-order valence-corrected chi connectivity index (χ2v) is 7.27. The molecule has 5 atom stereocenters. The maximum Gasteiger partial charge on any atom is 0.0580 e. The first-order valence-electron chi connectivity index (χ1n) is 8.22. The van der Waals surface area contributed by atoms with Gasteiger partial charge >= 0.3 is 0 Å². The van der Waals surface area contributed by atoms with E-state index in [0.29, 0.717) is 0 Å². The largest absolute Gasteiger partial charge is 0.393 e. The predicted molar refractivity (Wildman–Crippen MR) is 73.2 cm³/mol. The molecule has 1 N–H and O–H groups in total. The lowest BCUT2D eigenvalue weighted by atomic mass is 9.59. The molecular formula is C17H26O. The summed E-state index contributed by atoms with van der Waals surface area (Å²) in [5.41, 5.74) is 3.49. The van der Waals surface area contributed by atoms with Crippen molar-refractivity contribution in [3.05, 3.63) is 11.1 Å². The highest BCUT2D eigenvalue weighted by Gasteiger charge is 2.45. The van der Waals surface area contributed by atoms with Gasteiger partial charge in [-0.05, 0) is 75.0 Å². The van der Waals surface area contributed by atoms with Crippen LogP contribution in [-0.4, -0.2) is 11.2 Å². The third-order valence-corrected chi connectivity index (χ3v) is 6.54. The van der Waals surface area contributed by atoms with Crippen LogP contribution >= 0.6 is 0 Å². The molecule has 0 spiro atoms. The lowest BCUT2D eigenvalue weighted by molar-refractivity contribution is 0.0951. The van der Waals surface area contributed by atoms with Crippen molar-refractivity contribution < 1.29 is 5.11 Å². The number of aliphatic hydroxyl groups is 1. The molecule has 2 saturated carbocycles. The second-order valence-electron chi connectivity index (χ2n) is 7.27. The summed E-state index contributed by atoms with van der Waals surface area (Å²) < 4.78 is 0. The van der Waals surface area contributed by atoms with Gasteiger partial charge in [-0.25, -0.2) is 0 Å². The molecule has 0 aliphatic heterocycles. The van der Waals surface area contributed by atoms with Crippen molar-refractivity contribution in [3.63, 3.8) is 0 Å². The van der Waals surface area contributed by atoms with Gasteiger partial charge in [-0.15, -0.1) is 0 Å². The Bertz CT molecular complexity index is 370. The van der Waals surface area contributed by atoms with Gasteiger partial charge in [-0.2, -0.15) is 0 Å². The zero-order valence-corrected chi connectivity index (χ0v) is 11.4. The van der Waals surface area contributed by atoms with Gasteiger partial charge in [0, 0.05) is 0 Å². The molecular weight excluding hydrogens is 220 g/mol. The summed E-state index contributed by atoms with van der Waals surface area (Å²) in [7, 11) is 0. The number of aliphatic hydroxyl groups excluding tert-OH is 1. The van der Waals surface area contributed by atoms with E-state index >= 15 is 0 Å². The zero-order chi connectivity index (χ0) is 12.1. The first kappa shape index (κ1) is 11.5. The molecule has 0 aromatic rings. The maximum atomic E-state index is 9.86. The van der Waals surface area contributed by atoms with Gasteiger partial charge in [0.1, 0.15) is 0 Å². The Morgan fingerprint density at radius 2 is 1.78 bits per heavy atom. The molecule has 4 aliphatic rings. The van der Waals surface area contributed by atoms with Gasteiger partial charge < -0.3 is 5.11 Å². The smallest absolute Gasteiger partial charge is 0.0580 e. The van der Waals surface area contributed by atoms with E-state index in [1.54, 1.807) is 5.57 Å². The van der Waals surface area contributed by atoms with Gasteiger partial charge in [0.2, 0.25) is 0 Å². The highest BCUT2D eigenvalue weighted by atomic mass is 16.3. The van der Waals surface area contributed by atoms with E-state index < -0.39 is 0 Å². The molecule has 1 heteroatoms. The maximum absolute atomic E-state index is 9.86. The summed E-state index contributed by atoms with van der Waals surface area (Å²) in [4.78, 5) is 0. The number of allylic oxidation sites excluding steroid dienone is 1. The molecule has 0 aromatic carbocycles. The van der Waals surface area contributed by atoms with Gasteiger partial charge in [-0.3, -0.25) is 0 Å². The van der Waals surface area contributed by atoms with E-state index in [-0.39, 0.29) is 6.10 Å². The minimum Gasteiger partial charge on any atom is -0.393 e. The first-order chi connectivity index (χ1) is 8.83. The van der Waals surface area contributed by atoms with Crippen molar-refractivity contribution in [1.82, 2.24) is 0 Å². The number of fused-ring (bicyclic) bond motifs is 4. The van der Waals surface area contributed by atoms with E-state index in [9.17, 15) is 5.11 Å². The summed E-state index contributed by atoms with van der Waals surface area (Å²) in [6, 6.07) is 0. The molecule has 2 fully saturated rings. The number of rotatable bonds is 0. The van der Waals surface area contributed by atoms with Crippen molar-refractivity contribution in [2.75, 3.05) is 0 Å². The summed E-state index contributed by atoms with van der Waals surface area (Å²) in [6.45, 7) is 0. The first-order valence-corrected chi connectivity index (χ1v) is 8.22. The summed E-state index contributed by atoms with van der Waals surface area (Å²) in [6.07, 6.45) is 13.5. The quantitative estimate of drug-likeness (QED) is 0.639. The monoisotopic (exact) mass is 246 g/mol. The van der Waals surface area contributed by atoms with Crippen molar-refractivity contribution >= 4 is 0 Å². The van der Waals surface area contributed by atoms with E-state index in [1.807, 2.05) is 5.57 Å². The highest BCUT2D eigenvalue weighted by molar-refractivity contribution is 5.26. The number of hydrogen-bond donors (Lipinski definition) is 1. The Morgan fingerprint density at radius 1 is 0.833 bits per heavy atom. The van der Waals surface area contributed by atoms with Crippen LogP contribution in [-0.2, 0) is 0 Å². The average molecular weight is 246 g/mol. The van der Waals surface area contributed by atoms with Gasteiger partial charge in [0.25, 0.3) is 0 Å². The Labute approximate surface area is 111 Å². The molecule has 0 radical (unpaired) electrons. The summed E-state index contributed by atoms with van der Waals surface area (Å²) >= 11 is 0. The molecule has 4 rings (SSSR count). The Hall–Kier alpha value is -0.300. The highest BCUT2D eigenvalue weighted by Crippen LogP contribution is 2.55. The van der Waals surface area contributed by atoms with Crippen molar-refractivity contribution in [1.29, 1.82) is 0 Å². The zero-order valence-electron chi connectivity index (χ0n) is 11.4. The van der Waals surface area contributed by atoms with Crippen LogP contribution < -0.4 is 0 Å². The lowest BCUT2D eigenvalue weighted by Crippen LogP contribution is -2.37. The third-order valence-electron chi connectivity index (χ3n) is 6.54. The van der Waals surface area contributed by atoms with Crippen molar-refractivity contribution in [2.45, 2.75) is 70.3 Å². The van der Waals surface area contributed by atoms with Crippen LogP contribution in [0.5, 0.6) is 0 Å². The lowest BCUT2D eigenvalue weighted by Gasteiger charge is -2.47. The van der Waals surface area contributed by atoms with Gasteiger partial charge in [0.05, 0.1) is 6.10 Å². The van der Waals surface area contributed by atoms with Crippen molar-refractivity contribution in [3.8, 4) is 0 Å². The average Bonchev–Trinajstić information content (AvgIpc) is 2.86. The molecule has 0 aromatic heterocycles. The normalized spacial score (nSPS) is 47.5. The van der Waals surface area contributed by atoms with Crippen LogP contribution in [0, 0.1) is 23.7 Å². The van der Waals surface area contributed by atoms with Crippen molar-refractivity contribution in [2.24, 2.45) is 23.7 Å². The van der Waals surface area contributed by atoms with Crippen LogP contribution in [0.1, 0.15) is 64.2 Å². The Balaban J connectivity index is 1.62. The molecule has 100 valence electrons. The minimum absolute atomic E-state index is 0.0249. The molecule has 0 bridgehead atoms. The molecule has 18 heavy (non-hydrogen) atoms. The minimum atomic E-state index is -0.0249. The summed E-state index contributed by atoms with van der Waals surface area (Å²) in [5, 5.41) is 9.86. The number of hydrogen-bond acceptors (Lipinski definition) is 1. The van der Waals surface area contributed by atoms with Crippen LogP contribution in [0.3, 0.4) is 0 Å². The van der Waals surface area contributed by atoms with E-state index in [1.165, 1.54) is 51.4 Å². The second kappa shape index (κ2) is 4.37. The molecule has 0 heterocycles. The molecule has 5 unspecified atom stereocenters. The fraction of sp³-hybridized carbons (Fsp3) is 0.882. The standard InChI is InChI=1S/C17H26O/c18-13-6-9-15-12(10-13)5-8-16-14-3-1-2-11(14)4-7-17(15)16/h11,13-14,16-18H,1-10H2. The van der Waals surface area contributed by atoms with Gasteiger partial charge in [-0.1, -0.05) is 24.0 Å². The Morgan fingerprint density at radius 3 is 2.72 bits per heavy atom. The van der Waals surface area contributed by atoms with E-state index in [0.717, 1.165) is 36.5 Å². The topological polar surface area (TPSA) is 20.2 Å². The summed E-state index contributed by atoms with van der Waals surface area (Å²) in [5.74, 6) is 4.12. The SMILES string of the molecule is OC1CCC2=C(CCC3C2CCC2CCCC23)C1. The van der Waals surface area contributed by atoms with Gasteiger partial charge in [0.15, 0.2) is 0 Å². The fourth-order valence-electron chi connectivity index (χ4n) is 5.81. The van der Waals surface area contributed by atoms with Crippen LogP contribution in [0.25, 0.3) is 0 Å².